The van der Waals surface area contributed by atoms with Gasteiger partial charge in [-0.1, -0.05) is 80.6 Å². The van der Waals surface area contributed by atoms with Crippen molar-refractivity contribution in [1.82, 2.24) is 5.32 Å². The Labute approximate surface area is 171 Å². The highest BCUT2D eigenvalue weighted by atomic mass is 19.4. The summed E-state index contributed by atoms with van der Waals surface area (Å²) in [7, 11) is 0. The van der Waals surface area contributed by atoms with E-state index in [1.54, 1.807) is 12.1 Å². The van der Waals surface area contributed by atoms with Crippen molar-refractivity contribution in [3.8, 4) is 0 Å². The third-order valence-corrected chi connectivity index (χ3v) is 4.58. The van der Waals surface area contributed by atoms with Gasteiger partial charge in [0.15, 0.2) is 0 Å². The second kappa shape index (κ2) is 10.8. The highest BCUT2D eigenvalue weighted by molar-refractivity contribution is 5.86. The van der Waals surface area contributed by atoms with Crippen LogP contribution in [-0.4, -0.2) is 6.54 Å². The van der Waals surface area contributed by atoms with E-state index in [0.29, 0.717) is 5.56 Å². The summed E-state index contributed by atoms with van der Waals surface area (Å²) >= 11 is 0. The second-order valence-corrected chi connectivity index (χ2v) is 6.56. The molecule has 0 aliphatic heterocycles. The van der Waals surface area contributed by atoms with Gasteiger partial charge >= 0.3 is 6.18 Å². The number of hydrogen-bond acceptors (Lipinski definition) is 1. The molecular weight excluding hydrogens is 371 g/mol. The van der Waals surface area contributed by atoms with Gasteiger partial charge in [0.25, 0.3) is 0 Å². The highest BCUT2D eigenvalue weighted by Crippen LogP contribution is 2.29. The molecule has 0 aromatic heterocycles. The van der Waals surface area contributed by atoms with Gasteiger partial charge in [0.1, 0.15) is 0 Å². The number of fused-ring (bicyclic) bond motifs is 1. The number of rotatable bonds is 6. The maximum atomic E-state index is 12.7. The summed E-state index contributed by atoms with van der Waals surface area (Å²) < 4.78 is 38.2. The Morgan fingerprint density at radius 1 is 0.931 bits per heavy atom. The molecule has 3 rings (SSSR count). The predicted molar refractivity (Wildman–Crippen MR) is 117 cm³/mol. The lowest BCUT2D eigenvalue weighted by Gasteiger charge is -2.16. The minimum absolute atomic E-state index is 0.193. The van der Waals surface area contributed by atoms with E-state index in [-0.39, 0.29) is 6.04 Å². The molecule has 0 spiro atoms. The standard InChI is InChI=1S/C23H22F3N.C2H6/c1-17(21-14-7-11-19-10-2-3-13-22(19)21)27-15-5-4-8-18-9-6-12-20(16-18)23(24,25)26;1-2/h2-4,6-14,16-17,27H,5,15H2,1H3;1-2H3/b8-4+;. The zero-order valence-electron chi connectivity index (χ0n) is 17.1. The number of benzene rings is 3. The van der Waals surface area contributed by atoms with Gasteiger partial charge in [-0.05, 0) is 53.9 Å². The van der Waals surface area contributed by atoms with Gasteiger partial charge < -0.3 is 5.32 Å². The summed E-state index contributed by atoms with van der Waals surface area (Å²) in [4.78, 5) is 0. The Balaban J connectivity index is 0.00000145. The summed E-state index contributed by atoms with van der Waals surface area (Å²) in [6, 6.07) is 20.1. The molecule has 29 heavy (non-hydrogen) atoms. The molecule has 4 heteroatoms. The van der Waals surface area contributed by atoms with Crippen LogP contribution in [0.5, 0.6) is 0 Å². The molecule has 0 aliphatic carbocycles. The molecule has 0 heterocycles. The van der Waals surface area contributed by atoms with Crippen LogP contribution < -0.4 is 5.32 Å². The van der Waals surface area contributed by atoms with Crippen LogP contribution in [0.1, 0.15) is 49.9 Å². The molecule has 154 valence electrons. The molecule has 1 N–H and O–H groups in total. The second-order valence-electron chi connectivity index (χ2n) is 6.56. The number of hydrogen-bond donors (Lipinski definition) is 1. The molecule has 1 unspecified atom stereocenters. The molecule has 0 bridgehead atoms. The Bertz CT molecular complexity index is 923. The Morgan fingerprint density at radius 3 is 2.38 bits per heavy atom. The molecule has 0 aliphatic rings. The molecule has 0 amide bonds. The lowest BCUT2D eigenvalue weighted by atomic mass is 10.00. The minimum Gasteiger partial charge on any atom is -0.310 e. The maximum absolute atomic E-state index is 12.7. The van der Waals surface area contributed by atoms with Crippen molar-refractivity contribution in [2.45, 2.75) is 39.4 Å². The largest absolute Gasteiger partial charge is 0.416 e. The fraction of sp³-hybridized carbons (Fsp3) is 0.280. The average molecular weight is 400 g/mol. The monoisotopic (exact) mass is 399 g/mol. The summed E-state index contributed by atoms with van der Waals surface area (Å²) in [5.41, 5.74) is 1.19. The van der Waals surface area contributed by atoms with Crippen LogP contribution in [0, 0.1) is 0 Å². The first kappa shape index (κ1) is 22.7. The van der Waals surface area contributed by atoms with Gasteiger partial charge in [-0.15, -0.1) is 0 Å². The fourth-order valence-corrected chi connectivity index (χ4v) is 3.16. The van der Waals surface area contributed by atoms with Crippen LogP contribution in [-0.2, 0) is 6.18 Å². The van der Waals surface area contributed by atoms with Gasteiger partial charge in [0.2, 0.25) is 0 Å². The first-order chi connectivity index (χ1) is 13.9. The van der Waals surface area contributed by atoms with Crippen molar-refractivity contribution in [3.63, 3.8) is 0 Å². The quantitative estimate of drug-likeness (QED) is 0.420. The van der Waals surface area contributed by atoms with E-state index in [1.807, 2.05) is 32.1 Å². The third kappa shape index (κ3) is 6.47. The van der Waals surface area contributed by atoms with E-state index in [9.17, 15) is 13.2 Å². The van der Waals surface area contributed by atoms with E-state index in [0.717, 1.165) is 19.0 Å². The molecule has 1 atom stereocenters. The number of nitrogens with one attached hydrogen (secondary N) is 1. The van der Waals surface area contributed by atoms with Crippen molar-refractivity contribution in [3.05, 3.63) is 89.5 Å². The van der Waals surface area contributed by atoms with E-state index in [2.05, 4.69) is 42.6 Å². The molecule has 1 nitrogen and oxygen atoms in total. The maximum Gasteiger partial charge on any atom is 0.416 e. The number of alkyl halides is 3. The summed E-state index contributed by atoms with van der Waals surface area (Å²) in [5, 5.41) is 5.93. The third-order valence-electron chi connectivity index (χ3n) is 4.58. The van der Waals surface area contributed by atoms with E-state index >= 15 is 0 Å². The van der Waals surface area contributed by atoms with Gasteiger partial charge in [-0.3, -0.25) is 0 Å². The smallest absolute Gasteiger partial charge is 0.310 e. The van der Waals surface area contributed by atoms with Crippen molar-refractivity contribution in [1.29, 1.82) is 0 Å². The Kier molecular flexibility index (Phi) is 8.47. The zero-order chi connectivity index (χ0) is 21.3. The SMILES string of the molecule is CC.CC(NCC/C=C/c1cccc(C(F)(F)F)c1)c1cccc2ccccc12. The lowest BCUT2D eigenvalue weighted by molar-refractivity contribution is -0.137. The van der Waals surface area contributed by atoms with Crippen LogP contribution in [0.3, 0.4) is 0 Å². The average Bonchev–Trinajstić information content (AvgIpc) is 2.74. The lowest BCUT2D eigenvalue weighted by Crippen LogP contribution is -2.19. The van der Waals surface area contributed by atoms with Crippen molar-refractivity contribution < 1.29 is 13.2 Å². The fourth-order valence-electron chi connectivity index (χ4n) is 3.16. The molecule has 3 aromatic rings. The van der Waals surface area contributed by atoms with Crippen LogP contribution in [0.15, 0.2) is 72.8 Å². The van der Waals surface area contributed by atoms with Crippen molar-refractivity contribution in [2.75, 3.05) is 6.54 Å². The summed E-state index contributed by atoms with van der Waals surface area (Å²) in [6.07, 6.45) is 0.0719. The van der Waals surface area contributed by atoms with Gasteiger partial charge in [0, 0.05) is 6.04 Å². The predicted octanol–water partition coefficient (Wildman–Crippen LogP) is 7.64. The minimum atomic E-state index is -4.31. The van der Waals surface area contributed by atoms with Gasteiger partial charge in [-0.2, -0.15) is 13.2 Å². The topological polar surface area (TPSA) is 12.0 Å². The molecule has 0 radical (unpaired) electrons. The van der Waals surface area contributed by atoms with Crippen LogP contribution >= 0.6 is 0 Å². The molecular formula is C25H28F3N. The highest BCUT2D eigenvalue weighted by Gasteiger charge is 2.30. The van der Waals surface area contributed by atoms with Gasteiger partial charge in [-0.25, -0.2) is 0 Å². The van der Waals surface area contributed by atoms with E-state index < -0.39 is 11.7 Å². The normalized spacial score (nSPS) is 12.6. The van der Waals surface area contributed by atoms with Crippen LogP contribution in [0.4, 0.5) is 13.2 Å². The van der Waals surface area contributed by atoms with E-state index in [1.165, 1.54) is 28.5 Å². The van der Waals surface area contributed by atoms with Crippen molar-refractivity contribution >= 4 is 16.8 Å². The van der Waals surface area contributed by atoms with Crippen LogP contribution in [0.25, 0.3) is 16.8 Å². The molecule has 0 fully saturated rings. The zero-order valence-corrected chi connectivity index (χ0v) is 17.1. The Hall–Kier alpha value is -2.59. The number of halogens is 3. The summed E-state index contributed by atoms with van der Waals surface area (Å²) in [5.74, 6) is 0. The molecule has 0 saturated heterocycles. The van der Waals surface area contributed by atoms with E-state index in [4.69, 9.17) is 0 Å². The first-order valence-electron chi connectivity index (χ1n) is 10.00. The van der Waals surface area contributed by atoms with Crippen molar-refractivity contribution in [2.24, 2.45) is 0 Å². The van der Waals surface area contributed by atoms with Crippen LogP contribution in [0.2, 0.25) is 0 Å². The Morgan fingerprint density at radius 2 is 1.62 bits per heavy atom. The van der Waals surface area contributed by atoms with Gasteiger partial charge in [0.05, 0.1) is 5.56 Å². The summed E-state index contributed by atoms with van der Waals surface area (Å²) in [6.45, 7) is 6.87. The molecule has 0 saturated carbocycles. The first-order valence-corrected chi connectivity index (χ1v) is 10.00. The molecule has 3 aromatic carbocycles.